The summed E-state index contributed by atoms with van der Waals surface area (Å²) in [5, 5.41) is 3.74. The van der Waals surface area contributed by atoms with E-state index in [-0.39, 0.29) is 0 Å². The van der Waals surface area contributed by atoms with E-state index in [0.29, 0.717) is 12.1 Å². The van der Waals surface area contributed by atoms with Crippen LogP contribution in [0.2, 0.25) is 0 Å². The summed E-state index contributed by atoms with van der Waals surface area (Å²) in [6.45, 7) is 4.58. The van der Waals surface area contributed by atoms with E-state index in [1.165, 1.54) is 24.8 Å². The first-order valence-corrected chi connectivity index (χ1v) is 7.32. The second-order valence-corrected chi connectivity index (χ2v) is 6.02. The highest BCUT2D eigenvalue weighted by Gasteiger charge is 2.24. The van der Waals surface area contributed by atoms with Gasteiger partial charge in [-0.3, -0.25) is 0 Å². The molecular weight excluding hydrogens is 234 g/mol. The van der Waals surface area contributed by atoms with Crippen LogP contribution in [0.15, 0.2) is 24.3 Å². The SMILES string of the molecule is CC1CCC(NC(C)c2nc3ccccc3n2C)C1. The number of benzene rings is 1. The number of hydrogen-bond acceptors (Lipinski definition) is 2. The van der Waals surface area contributed by atoms with Crippen LogP contribution in [0.5, 0.6) is 0 Å². The summed E-state index contributed by atoms with van der Waals surface area (Å²) in [5.74, 6) is 2.01. The van der Waals surface area contributed by atoms with Gasteiger partial charge in [0.25, 0.3) is 0 Å². The number of fused-ring (bicyclic) bond motifs is 1. The van der Waals surface area contributed by atoms with E-state index in [0.717, 1.165) is 17.3 Å². The summed E-state index contributed by atoms with van der Waals surface area (Å²) < 4.78 is 2.21. The van der Waals surface area contributed by atoms with Gasteiger partial charge in [-0.1, -0.05) is 19.1 Å². The van der Waals surface area contributed by atoms with Crippen LogP contribution >= 0.6 is 0 Å². The van der Waals surface area contributed by atoms with Crippen LogP contribution in [0.1, 0.15) is 45.0 Å². The molecule has 0 aliphatic heterocycles. The Kier molecular flexibility index (Phi) is 3.31. The Morgan fingerprint density at radius 3 is 2.79 bits per heavy atom. The van der Waals surface area contributed by atoms with Crippen molar-refractivity contribution in [1.29, 1.82) is 0 Å². The van der Waals surface area contributed by atoms with Gasteiger partial charge in [-0.05, 0) is 44.2 Å². The fourth-order valence-corrected chi connectivity index (χ4v) is 3.34. The van der Waals surface area contributed by atoms with Gasteiger partial charge in [-0.15, -0.1) is 0 Å². The molecular formula is C16H23N3. The molecule has 0 bridgehead atoms. The number of aryl methyl sites for hydroxylation is 1. The van der Waals surface area contributed by atoms with Crippen LogP contribution < -0.4 is 5.32 Å². The van der Waals surface area contributed by atoms with Gasteiger partial charge in [0.05, 0.1) is 17.1 Å². The normalized spacial score (nSPS) is 25.0. The monoisotopic (exact) mass is 257 g/mol. The van der Waals surface area contributed by atoms with Crippen molar-refractivity contribution in [3.63, 3.8) is 0 Å². The predicted octanol–water partition coefficient (Wildman–Crippen LogP) is 3.41. The lowest BCUT2D eigenvalue weighted by Crippen LogP contribution is -2.30. The van der Waals surface area contributed by atoms with Crippen molar-refractivity contribution in [3.05, 3.63) is 30.1 Å². The molecule has 1 aromatic carbocycles. The number of imidazole rings is 1. The van der Waals surface area contributed by atoms with Gasteiger partial charge >= 0.3 is 0 Å². The molecule has 3 heteroatoms. The van der Waals surface area contributed by atoms with Crippen LogP contribution in [-0.2, 0) is 7.05 Å². The Balaban J connectivity index is 1.81. The molecule has 3 rings (SSSR count). The summed E-state index contributed by atoms with van der Waals surface area (Å²) in [6, 6.07) is 9.32. The van der Waals surface area contributed by atoms with E-state index in [9.17, 15) is 0 Å². The van der Waals surface area contributed by atoms with Gasteiger partial charge in [-0.25, -0.2) is 4.98 Å². The first-order chi connectivity index (χ1) is 9.15. The van der Waals surface area contributed by atoms with Crippen molar-refractivity contribution >= 4 is 11.0 Å². The molecule has 0 spiro atoms. The minimum atomic E-state index is 0.313. The molecule has 1 fully saturated rings. The lowest BCUT2D eigenvalue weighted by atomic mass is 10.1. The van der Waals surface area contributed by atoms with E-state index in [2.05, 4.69) is 55.0 Å². The number of hydrogen-bond donors (Lipinski definition) is 1. The molecule has 3 nitrogen and oxygen atoms in total. The van der Waals surface area contributed by atoms with Crippen molar-refractivity contribution in [3.8, 4) is 0 Å². The molecule has 3 unspecified atom stereocenters. The second kappa shape index (κ2) is 4.97. The average molecular weight is 257 g/mol. The maximum atomic E-state index is 4.77. The summed E-state index contributed by atoms with van der Waals surface area (Å²) in [5.41, 5.74) is 2.30. The van der Waals surface area contributed by atoms with E-state index < -0.39 is 0 Å². The molecule has 102 valence electrons. The lowest BCUT2D eigenvalue weighted by Gasteiger charge is -2.19. The third kappa shape index (κ3) is 2.39. The number of nitrogens with zero attached hydrogens (tertiary/aromatic N) is 2. The Morgan fingerprint density at radius 2 is 2.11 bits per heavy atom. The molecule has 1 saturated carbocycles. The molecule has 1 aliphatic rings. The Morgan fingerprint density at radius 1 is 1.32 bits per heavy atom. The molecule has 2 aromatic rings. The summed E-state index contributed by atoms with van der Waals surface area (Å²) in [6.07, 6.45) is 3.96. The van der Waals surface area contributed by atoms with Gasteiger partial charge < -0.3 is 9.88 Å². The van der Waals surface area contributed by atoms with Crippen molar-refractivity contribution in [2.45, 2.75) is 45.2 Å². The highest BCUT2D eigenvalue weighted by Crippen LogP contribution is 2.27. The summed E-state index contributed by atoms with van der Waals surface area (Å²) in [7, 11) is 2.11. The quantitative estimate of drug-likeness (QED) is 0.913. The topological polar surface area (TPSA) is 29.9 Å². The van der Waals surface area contributed by atoms with Crippen molar-refractivity contribution in [2.75, 3.05) is 0 Å². The fraction of sp³-hybridized carbons (Fsp3) is 0.562. The summed E-state index contributed by atoms with van der Waals surface area (Å²) in [4.78, 5) is 4.77. The zero-order valence-corrected chi connectivity index (χ0v) is 12.1. The molecule has 19 heavy (non-hydrogen) atoms. The number of aromatic nitrogens is 2. The van der Waals surface area contributed by atoms with Crippen molar-refractivity contribution in [2.24, 2.45) is 13.0 Å². The van der Waals surface area contributed by atoms with E-state index in [4.69, 9.17) is 4.98 Å². The molecule has 1 N–H and O–H groups in total. The average Bonchev–Trinajstić information content (AvgIpc) is 2.94. The smallest absolute Gasteiger partial charge is 0.126 e. The Bertz CT molecular complexity index is 572. The van der Waals surface area contributed by atoms with E-state index in [1.807, 2.05) is 0 Å². The van der Waals surface area contributed by atoms with Crippen molar-refractivity contribution in [1.82, 2.24) is 14.9 Å². The van der Waals surface area contributed by atoms with Crippen LogP contribution in [0.4, 0.5) is 0 Å². The lowest BCUT2D eigenvalue weighted by molar-refractivity contribution is 0.431. The molecule has 0 radical (unpaired) electrons. The van der Waals surface area contributed by atoms with E-state index >= 15 is 0 Å². The standard InChI is InChI=1S/C16H23N3/c1-11-8-9-13(10-11)17-12(2)16-18-14-6-4-5-7-15(14)19(16)3/h4-7,11-13,17H,8-10H2,1-3H3. The summed E-state index contributed by atoms with van der Waals surface area (Å²) >= 11 is 0. The van der Waals surface area contributed by atoms with Gasteiger partial charge in [0.1, 0.15) is 5.82 Å². The fourth-order valence-electron chi connectivity index (χ4n) is 3.34. The van der Waals surface area contributed by atoms with Gasteiger partial charge in [0.15, 0.2) is 0 Å². The molecule has 1 aliphatic carbocycles. The second-order valence-electron chi connectivity index (χ2n) is 6.02. The number of rotatable bonds is 3. The molecule has 3 atom stereocenters. The minimum Gasteiger partial charge on any atom is -0.330 e. The predicted molar refractivity (Wildman–Crippen MR) is 79.1 cm³/mol. The highest BCUT2D eigenvalue weighted by molar-refractivity contribution is 5.75. The largest absolute Gasteiger partial charge is 0.330 e. The molecule has 1 aromatic heterocycles. The van der Waals surface area contributed by atoms with Gasteiger partial charge in [0, 0.05) is 13.1 Å². The third-order valence-corrected chi connectivity index (χ3v) is 4.39. The maximum Gasteiger partial charge on any atom is 0.126 e. The zero-order valence-electron chi connectivity index (χ0n) is 12.1. The minimum absolute atomic E-state index is 0.313. The highest BCUT2D eigenvalue weighted by atomic mass is 15.1. The number of para-hydroxylation sites is 2. The van der Waals surface area contributed by atoms with Crippen LogP contribution in [-0.4, -0.2) is 15.6 Å². The Hall–Kier alpha value is -1.35. The molecule has 0 saturated heterocycles. The zero-order chi connectivity index (χ0) is 13.4. The third-order valence-electron chi connectivity index (χ3n) is 4.39. The van der Waals surface area contributed by atoms with Crippen molar-refractivity contribution < 1.29 is 0 Å². The van der Waals surface area contributed by atoms with Gasteiger partial charge in [-0.2, -0.15) is 0 Å². The maximum absolute atomic E-state index is 4.77. The van der Waals surface area contributed by atoms with Crippen LogP contribution in [0.25, 0.3) is 11.0 Å². The van der Waals surface area contributed by atoms with Crippen LogP contribution in [0.3, 0.4) is 0 Å². The van der Waals surface area contributed by atoms with Gasteiger partial charge in [0.2, 0.25) is 0 Å². The first-order valence-electron chi connectivity index (χ1n) is 7.32. The Labute approximate surface area is 115 Å². The molecule has 0 amide bonds. The first kappa shape index (κ1) is 12.7. The molecule has 1 heterocycles. The number of nitrogens with one attached hydrogen (secondary N) is 1. The van der Waals surface area contributed by atoms with E-state index in [1.54, 1.807) is 0 Å². The van der Waals surface area contributed by atoms with Crippen LogP contribution in [0, 0.1) is 5.92 Å².